The molecule has 2 rings (SSSR count). The molecule has 5 heteroatoms. The fourth-order valence-electron chi connectivity index (χ4n) is 2.04. The second-order valence-electron chi connectivity index (χ2n) is 5.12. The summed E-state index contributed by atoms with van der Waals surface area (Å²) in [5, 5.41) is 15.1. The molecule has 0 saturated heterocycles. The molecule has 114 valence electrons. The van der Waals surface area contributed by atoms with E-state index in [0.717, 1.165) is 11.1 Å². The van der Waals surface area contributed by atoms with E-state index in [1.165, 1.54) is 6.92 Å². The summed E-state index contributed by atoms with van der Waals surface area (Å²) in [6, 6.07) is 12.1. The van der Waals surface area contributed by atoms with Gasteiger partial charge in [0.15, 0.2) is 0 Å². The van der Waals surface area contributed by atoms with E-state index < -0.39 is 0 Å². The van der Waals surface area contributed by atoms with Crippen molar-refractivity contribution in [1.29, 1.82) is 0 Å². The summed E-state index contributed by atoms with van der Waals surface area (Å²) in [7, 11) is 0. The van der Waals surface area contributed by atoms with Gasteiger partial charge >= 0.3 is 0 Å². The first-order valence-electron chi connectivity index (χ1n) is 6.90. The molecule has 2 aromatic rings. The van der Waals surface area contributed by atoms with Crippen molar-refractivity contribution in [2.75, 3.05) is 10.6 Å². The first-order valence-corrected chi connectivity index (χ1v) is 6.90. The van der Waals surface area contributed by atoms with Gasteiger partial charge in [0, 0.05) is 12.6 Å². The summed E-state index contributed by atoms with van der Waals surface area (Å²) in [5.41, 5.74) is 2.82. The lowest BCUT2D eigenvalue weighted by Gasteiger charge is -2.08. The Balaban J connectivity index is 1.98. The van der Waals surface area contributed by atoms with Crippen LogP contribution in [0.1, 0.15) is 18.1 Å². The number of carbonyl (C=O) groups excluding carboxylic acids is 2. The van der Waals surface area contributed by atoms with E-state index in [1.54, 1.807) is 36.4 Å². The molecule has 0 heterocycles. The van der Waals surface area contributed by atoms with E-state index in [0.29, 0.717) is 11.4 Å². The maximum Gasteiger partial charge on any atom is 0.228 e. The molecule has 2 amide bonds. The highest BCUT2D eigenvalue weighted by Crippen LogP contribution is 2.24. The van der Waals surface area contributed by atoms with Crippen LogP contribution in [0.5, 0.6) is 5.75 Å². The molecule has 0 fully saturated rings. The Labute approximate surface area is 129 Å². The molecule has 3 N–H and O–H groups in total. The van der Waals surface area contributed by atoms with Crippen molar-refractivity contribution in [2.24, 2.45) is 0 Å². The second kappa shape index (κ2) is 6.76. The molecular formula is C17H18N2O3. The van der Waals surface area contributed by atoms with Gasteiger partial charge in [-0.1, -0.05) is 18.2 Å². The van der Waals surface area contributed by atoms with Gasteiger partial charge in [0.25, 0.3) is 0 Å². The number of aryl methyl sites for hydroxylation is 1. The smallest absolute Gasteiger partial charge is 0.228 e. The zero-order valence-corrected chi connectivity index (χ0v) is 12.5. The largest absolute Gasteiger partial charge is 0.506 e. The van der Waals surface area contributed by atoms with Gasteiger partial charge in [-0.15, -0.1) is 0 Å². The Kier molecular flexibility index (Phi) is 4.78. The van der Waals surface area contributed by atoms with Crippen LogP contribution in [0, 0.1) is 6.92 Å². The first kappa shape index (κ1) is 15.6. The van der Waals surface area contributed by atoms with Gasteiger partial charge in [0.05, 0.1) is 12.1 Å². The summed E-state index contributed by atoms with van der Waals surface area (Å²) in [6.07, 6.45) is 0.188. The van der Waals surface area contributed by atoms with Crippen LogP contribution in [0.3, 0.4) is 0 Å². The molecule has 0 unspecified atom stereocenters. The summed E-state index contributed by atoms with van der Waals surface area (Å²) in [5.74, 6) is -0.305. The monoisotopic (exact) mass is 298 g/mol. The van der Waals surface area contributed by atoms with Crippen molar-refractivity contribution in [3.8, 4) is 5.75 Å². The van der Waals surface area contributed by atoms with Gasteiger partial charge in [0.1, 0.15) is 5.75 Å². The van der Waals surface area contributed by atoms with Crippen molar-refractivity contribution in [3.05, 3.63) is 53.6 Å². The maximum absolute atomic E-state index is 12.0. The average molecular weight is 298 g/mol. The van der Waals surface area contributed by atoms with E-state index in [1.807, 2.05) is 13.0 Å². The van der Waals surface area contributed by atoms with Crippen LogP contribution in [0.15, 0.2) is 42.5 Å². The molecule has 0 aromatic heterocycles. The lowest BCUT2D eigenvalue weighted by atomic mass is 10.1. The topological polar surface area (TPSA) is 78.4 Å². The molecule has 2 aromatic carbocycles. The number of carbonyl (C=O) groups is 2. The fourth-order valence-corrected chi connectivity index (χ4v) is 2.04. The standard InChI is InChI=1S/C17H18N2O3/c1-11-3-8-15(16(21)9-11)19-17(22)10-13-4-6-14(7-5-13)18-12(2)20/h3-9,21H,10H2,1-2H3,(H,18,20)(H,19,22). The molecule has 0 aliphatic heterocycles. The quantitative estimate of drug-likeness (QED) is 0.759. The van der Waals surface area contributed by atoms with Crippen molar-refractivity contribution in [2.45, 2.75) is 20.3 Å². The van der Waals surface area contributed by atoms with E-state index in [2.05, 4.69) is 10.6 Å². The normalized spacial score (nSPS) is 10.1. The van der Waals surface area contributed by atoms with Crippen molar-refractivity contribution >= 4 is 23.2 Å². The molecule has 0 radical (unpaired) electrons. The third kappa shape index (κ3) is 4.34. The van der Waals surface area contributed by atoms with Crippen LogP contribution < -0.4 is 10.6 Å². The number of phenolic OH excluding ortho intramolecular Hbond substituents is 1. The predicted molar refractivity (Wildman–Crippen MR) is 85.9 cm³/mol. The third-order valence-corrected chi connectivity index (χ3v) is 3.07. The molecule has 5 nitrogen and oxygen atoms in total. The lowest BCUT2D eigenvalue weighted by molar-refractivity contribution is -0.116. The Morgan fingerprint density at radius 3 is 2.32 bits per heavy atom. The molecule has 0 aliphatic rings. The average Bonchev–Trinajstić information content (AvgIpc) is 2.43. The van der Waals surface area contributed by atoms with Crippen LogP contribution in [0.2, 0.25) is 0 Å². The molecule has 0 saturated carbocycles. The molecular weight excluding hydrogens is 280 g/mol. The number of amides is 2. The highest BCUT2D eigenvalue weighted by atomic mass is 16.3. The maximum atomic E-state index is 12.0. The summed E-state index contributed by atoms with van der Waals surface area (Å²) >= 11 is 0. The zero-order chi connectivity index (χ0) is 16.1. The SMILES string of the molecule is CC(=O)Nc1ccc(CC(=O)Nc2ccc(C)cc2O)cc1. The Morgan fingerprint density at radius 2 is 1.73 bits per heavy atom. The van der Waals surface area contributed by atoms with Gasteiger partial charge in [0.2, 0.25) is 11.8 Å². The highest BCUT2D eigenvalue weighted by Gasteiger charge is 2.08. The van der Waals surface area contributed by atoms with Crippen molar-refractivity contribution in [3.63, 3.8) is 0 Å². The molecule has 0 bridgehead atoms. The lowest BCUT2D eigenvalue weighted by Crippen LogP contribution is -2.14. The number of aromatic hydroxyl groups is 1. The van der Waals surface area contributed by atoms with E-state index in [9.17, 15) is 14.7 Å². The predicted octanol–water partition coefficient (Wildman–Crippen LogP) is 2.84. The molecule has 22 heavy (non-hydrogen) atoms. The molecule has 0 aliphatic carbocycles. The Morgan fingerprint density at radius 1 is 1.05 bits per heavy atom. The van der Waals surface area contributed by atoms with Crippen LogP contribution >= 0.6 is 0 Å². The van der Waals surface area contributed by atoms with E-state index >= 15 is 0 Å². The van der Waals surface area contributed by atoms with Gasteiger partial charge in [-0.05, 0) is 42.3 Å². The van der Waals surface area contributed by atoms with Crippen LogP contribution in [0.4, 0.5) is 11.4 Å². The molecule has 0 atom stereocenters. The minimum atomic E-state index is -0.216. The first-order chi connectivity index (χ1) is 10.4. The number of phenols is 1. The second-order valence-corrected chi connectivity index (χ2v) is 5.12. The molecule has 0 spiro atoms. The number of nitrogens with one attached hydrogen (secondary N) is 2. The minimum absolute atomic E-state index is 0.0503. The Hall–Kier alpha value is -2.82. The van der Waals surface area contributed by atoms with Crippen LogP contribution in [-0.2, 0) is 16.0 Å². The third-order valence-electron chi connectivity index (χ3n) is 3.07. The van der Waals surface area contributed by atoms with E-state index in [-0.39, 0.29) is 24.0 Å². The number of anilines is 2. The minimum Gasteiger partial charge on any atom is -0.506 e. The van der Waals surface area contributed by atoms with Crippen molar-refractivity contribution in [1.82, 2.24) is 0 Å². The van der Waals surface area contributed by atoms with Gasteiger partial charge < -0.3 is 15.7 Å². The number of hydrogen-bond acceptors (Lipinski definition) is 3. The van der Waals surface area contributed by atoms with Crippen molar-refractivity contribution < 1.29 is 14.7 Å². The fraction of sp³-hybridized carbons (Fsp3) is 0.176. The van der Waals surface area contributed by atoms with E-state index in [4.69, 9.17) is 0 Å². The highest BCUT2D eigenvalue weighted by molar-refractivity contribution is 5.94. The van der Waals surface area contributed by atoms with Gasteiger partial charge in [-0.25, -0.2) is 0 Å². The number of rotatable bonds is 4. The van der Waals surface area contributed by atoms with Gasteiger partial charge in [-0.2, -0.15) is 0 Å². The number of benzene rings is 2. The summed E-state index contributed by atoms with van der Waals surface area (Å²) < 4.78 is 0. The Bertz CT molecular complexity index is 694. The van der Waals surface area contributed by atoms with Crippen LogP contribution in [-0.4, -0.2) is 16.9 Å². The van der Waals surface area contributed by atoms with Crippen LogP contribution in [0.25, 0.3) is 0 Å². The summed E-state index contributed by atoms with van der Waals surface area (Å²) in [6.45, 7) is 3.30. The number of hydrogen-bond donors (Lipinski definition) is 3. The van der Waals surface area contributed by atoms with Gasteiger partial charge in [-0.3, -0.25) is 9.59 Å². The zero-order valence-electron chi connectivity index (χ0n) is 12.5. The summed E-state index contributed by atoms with van der Waals surface area (Å²) in [4.78, 5) is 22.9.